The zero-order valence-corrected chi connectivity index (χ0v) is 15.6. The van der Waals surface area contributed by atoms with Crippen LogP contribution >= 0.6 is 12.2 Å². The summed E-state index contributed by atoms with van der Waals surface area (Å²) in [5.74, 6) is 0.482. The first-order valence-electron chi connectivity index (χ1n) is 8.10. The van der Waals surface area contributed by atoms with Crippen LogP contribution in [0.3, 0.4) is 0 Å². The Hall–Kier alpha value is -3.26. The molecule has 7 nitrogen and oxygen atoms in total. The van der Waals surface area contributed by atoms with Gasteiger partial charge >= 0.3 is 0 Å². The fraction of sp³-hybridized carbons (Fsp3) is 0.158. The Kier molecular flexibility index (Phi) is 5.18. The molecule has 1 heterocycles. The average Bonchev–Trinajstić information content (AvgIpc) is 2.85. The number of amides is 1. The maximum absolute atomic E-state index is 12.2. The summed E-state index contributed by atoms with van der Waals surface area (Å²) < 4.78 is 5.68. The van der Waals surface area contributed by atoms with Gasteiger partial charge in [0.05, 0.1) is 4.92 Å². The summed E-state index contributed by atoms with van der Waals surface area (Å²) in [6.45, 7) is 0.225. The normalized spacial score (nSPS) is 15.6. The maximum atomic E-state index is 12.2. The van der Waals surface area contributed by atoms with Gasteiger partial charge in [0, 0.05) is 26.2 Å². The SMILES string of the molecule is CN1C(=O)/C(=C/c2ccc(OCc3cccc([N+](=O)[O-])c3)cc2)N(C)C1=S. The smallest absolute Gasteiger partial charge is 0.276 e. The molecule has 2 aromatic carbocycles. The number of hydrogen-bond acceptors (Lipinski definition) is 5. The number of rotatable bonds is 5. The van der Waals surface area contributed by atoms with E-state index in [1.165, 1.54) is 17.0 Å². The first kappa shape index (κ1) is 18.5. The average molecular weight is 383 g/mol. The van der Waals surface area contributed by atoms with Crippen molar-refractivity contribution in [3.8, 4) is 5.75 Å². The molecule has 138 valence electrons. The monoisotopic (exact) mass is 383 g/mol. The number of carbonyl (C=O) groups is 1. The molecular formula is C19H17N3O4S. The van der Waals surface area contributed by atoms with E-state index < -0.39 is 4.92 Å². The third-order valence-electron chi connectivity index (χ3n) is 4.17. The van der Waals surface area contributed by atoms with Crippen LogP contribution in [0.1, 0.15) is 11.1 Å². The molecule has 8 heteroatoms. The van der Waals surface area contributed by atoms with E-state index >= 15 is 0 Å². The number of nitro benzene ring substituents is 1. The molecule has 2 aromatic rings. The standard InChI is InChI=1S/C19H17N3O4S/c1-20-17(18(23)21(2)19(20)27)11-13-6-8-16(9-7-13)26-12-14-4-3-5-15(10-14)22(24)25/h3-11H,12H2,1-2H3/b17-11-. The van der Waals surface area contributed by atoms with E-state index in [4.69, 9.17) is 17.0 Å². The van der Waals surface area contributed by atoms with Gasteiger partial charge in [0.15, 0.2) is 5.11 Å². The van der Waals surface area contributed by atoms with E-state index in [9.17, 15) is 14.9 Å². The number of nitrogens with zero attached hydrogens (tertiary/aromatic N) is 3. The number of non-ortho nitro benzene ring substituents is 1. The second-order valence-corrected chi connectivity index (χ2v) is 6.39. The van der Waals surface area contributed by atoms with Gasteiger partial charge in [-0.05, 0) is 41.6 Å². The Labute approximate surface area is 161 Å². The van der Waals surface area contributed by atoms with Crippen molar-refractivity contribution < 1.29 is 14.5 Å². The first-order valence-corrected chi connectivity index (χ1v) is 8.51. The van der Waals surface area contributed by atoms with E-state index in [1.807, 2.05) is 12.1 Å². The van der Waals surface area contributed by atoms with Crippen molar-refractivity contribution in [1.82, 2.24) is 9.80 Å². The lowest BCUT2D eigenvalue weighted by Gasteiger charge is -2.11. The minimum atomic E-state index is -0.434. The van der Waals surface area contributed by atoms with Gasteiger partial charge in [0.1, 0.15) is 18.1 Å². The fourth-order valence-electron chi connectivity index (χ4n) is 2.63. The van der Waals surface area contributed by atoms with E-state index in [1.54, 1.807) is 49.3 Å². The van der Waals surface area contributed by atoms with Crippen molar-refractivity contribution in [3.05, 3.63) is 75.5 Å². The highest BCUT2D eigenvalue weighted by Gasteiger charge is 2.32. The summed E-state index contributed by atoms with van der Waals surface area (Å²) in [6.07, 6.45) is 1.77. The van der Waals surface area contributed by atoms with Gasteiger partial charge in [-0.15, -0.1) is 0 Å². The molecule has 0 radical (unpaired) electrons. The molecule has 0 aliphatic carbocycles. The topological polar surface area (TPSA) is 75.9 Å². The fourth-order valence-corrected chi connectivity index (χ4v) is 2.81. The lowest BCUT2D eigenvalue weighted by molar-refractivity contribution is -0.384. The van der Waals surface area contributed by atoms with Crippen LogP contribution in [-0.4, -0.2) is 39.8 Å². The Morgan fingerprint density at radius 1 is 1.15 bits per heavy atom. The Balaban J connectivity index is 1.68. The third kappa shape index (κ3) is 3.95. The molecule has 0 unspecified atom stereocenters. The van der Waals surface area contributed by atoms with Crippen LogP contribution < -0.4 is 4.74 Å². The number of thiocarbonyl (C=S) groups is 1. The van der Waals surface area contributed by atoms with E-state index in [0.29, 0.717) is 22.1 Å². The van der Waals surface area contributed by atoms with Crippen LogP contribution in [0.5, 0.6) is 5.75 Å². The molecule has 0 N–H and O–H groups in total. The Bertz CT molecular complexity index is 940. The van der Waals surface area contributed by atoms with Crippen LogP contribution in [0.25, 0.3) is 6.08 Å². The van der Waals surface area contributed by atoms with Crippen molar-refractivity contribution in [3.63, 3.8) is 0 Å². The maximum Gasteiger partial charge on any atom is 0.276 e. The van der Waals surface area contributed by atoms with Crippen molar-refractivity contribution in [2.24, 2.45) is 0 Å². The van der Waals surface area contributed by atoms with Crippen LogP contribution in [-0.2, 0) is 11.4 Å². The predicted molar refractivity (Wildman–Crippen MR) is 105 cm³/mol. The molecule has 1 aliphatic heterocycles. The van der Waals surface area contributed by atoms with Crippen LogP contribution in [0.4, 0.5) is 5.69 Å². The van der Waals surface area contributed by atoms with E-state index in [0.717, 1.165) is 5.56 Å². The number of hydrogen-bond donors (Lipinski definition) is 0. The van der Waals surface area contributed by atoms with Crippen molar-refractivity contribution in [2.75, 3.05) is 14.1 Å². The third-order valence-corrected chi connectivity index (χ3v) is 4.72. The summed E-state index contributed by atoms with van der Waals surface area (Å²) in [6, 6.07) is 13.6. The quantitative estimate of drug-likeness (QED) is 0.342. The number of carbonyl (C=O) groups excluding carboxylic acids is 1. The van der Waals surface area contributed by atoms with Gasteiger partial charge in [-0.25, -0.2) is 0 Å². The lowest BCUT2D eigenvalue weighted by atomic mass is 10.1. The minimum Gasteiger partial charge on any atom is -0.489 e. The van der Waals surface area contributed by atoms with Crippen LogP contribution in [0, 0.1) is 10.1 Å². The molecule has 3 rings (SSSR count). The summed E-state index contributed by atoms with van der Waals surface area (Å²) >= 11 is 5.19. The summed E-state index contributed by atoms with van der Waals surface area (Å²) in [7, 11) is 3.40. The highest BCUT2D eigenvalue weighted by Crippen LogP contribution is 2.22. The molecule has 1 amide bonds. The van der Waals surface area contributed by atoms with E-state index in [-0.39, 0.29) is 18.2 Å². The summed E-state index contributed by atoms with van der Waals surface area (Å²) in [5.41, 5.74) is 2.09. The van der Waals surface area contributed by atoms with Gasteiger partial charge in [-0.1, -0.05) is 24.3 Å². The molecule has 1 aliphatic rings. The summed E-state index contributed by atoms with van der Waals surface area (Å²) in [5, 5.41) is 11.3. The Morgan fingerprint density at radius 3 is 2.44 bits per heavy atom. The number of likely N-dealkylation sites (N-methyl/N-ethyl adjacent to an activating group) is 2. The zero-order valence-electron chi connectivity index (χ0n) is 14.8. The summed E-state index contributed by atoms with van der Waals surface area (Å²) in [4.78, 5) is 25.7. The first-order chi connectivity index (χ1) is 12.9. The van der Waals surface area contributed by atoms with Crippen LogP contribution in [0.2, 0.25) is 0 Å². The van der Waals surface area contributed by atoms with Gasteiger partial charge in [-0.3, -0.25) is 19.8 Å². The zero-order chi connectivity index (χ0) is 19.6. The molecule has 0 spiro atoms. The molecule has 0 saturated carbocycles. The van der Waals surface area contributed by atoms with Crippen molar-refractivity contribution in [2.45, 2.75) is 6.61 Å². The van der Waals surface area contributed by atoms with Gasteiger partial charge in [-0.2, -0.15) is 0 Å². The van der Waals surface area contributed by atoms with Gasteiger partial charge < -0.3 is 9.64 Å². The number of ether oxygens (including phenoxy) is 1. The number of benzene rings is 2. The largest absolute Gasteiger partial charge is 0.489 e. The van der Waals surface area contributed by atoms with Gasteiger partial charge in [0.25, 0.3) is 11.6 Å². The Morgan fingerprint density at radius 2 is 1.85 bits per heavy atom. The molecular weight excluding hydrogens is 366 g/mol. The lowest BCUT2D eigenvalue weighted by Crippen LogP contribution is -2.26. The molecule has 0 aromatic heterocycles. The molecule has 27 heavy (non-hydrogen) atoms. The highest BCUT2D eigenvalue weighted by atomic mass is 32.1. The molecule has 1 saturated heterocycles. The molecule has 0 atom stereocenters. The predicted octanol–water partition coefficient (Wildman–Crippen LogP) is 3.20. The van der Waals surface area contributed by atoms with Gasteiger partial charge in [0.2, 0.25) is 0 Å². The van der Waals surface area contributed by atoms with E-state index in [2.05, 4.69) is 0 Å². The second-order valence-electron chi connectivity index (χ2n) is 6.02. The number of nitro groups is 1. The minimum absolute atomic E-state index is 0.0336. The van der Waals surface area contributed by atoms with Crippen molar-refractivity contribution >= 4 is 35.0 Å². The second kappa shape index (κ2) is 7.55. The van der Waals surface area contributed by atoms with Crippen molar-refractivity contribution in [1.29, 1.82) is 0 Å². The molecule has 0 bridgehead atoms. The highest BCUT2D eigenvalue weighted by molar-refractivity contribution is 7.80. The van der Waals surface area contributed by atoms with Crippen LogP contribution in [0.15, 0.2) is 54.2 Å². The molecule has 1 fully saturated rings.